The molecule has 0 amide bonds. The van der Waals surface area contributed by atoms with Crippen LogP contribution < -0.4 is 0 Å². The van der Waals surface area contributed by atoms with Crippen molar-refractivity contribution in [1.82, 2.24) is 0 Å². The van der Waals surface area contributed by atoms with E-state index in [4.69, 9.17) is 0 Å². The van der Waals surface area contributed by atoms with E-state index in [-0.39, 0.29) is 0 Å². The van der Waals surface area contributed by atoms with Crippen LogP contribution in [0.2, 0.25) is 0 Å². The molecule has 94 valence electrons. The summed E-state index contributed by atoms with van der Waals surface area (Å²) in [6, 6.07) is 2.52. The van der Waals surface area contributed by atoms with E-state index < -0.39 is 0 Å². The molecule has 0 unspecified atom stereocenters. The third-order valence-corrected chi connectivity index (χ3v) is 3.95. The minimum absolute atomic E-state index is 1.25. The summed E-state index contributed by atoms with van der Waals surface area (Å²) in [5, 5.41) is 0. The first kappa shape index (κ1) is 12.7. The summed E-state index contributed by atoms with van der Waals surface area (Å²) < 4.78 is 0. The molecule has 0 aliphatic heterocycles. The third-order valence-electron chi connectivity index (χ3n) is 3.95. The third kappa shape index (κ3) is 2.41. The first-order valence-corrected chi connectivity index (χ1v) is 7.47. The second kappa shape index (κ2) is 5.71. The lowest BCUT2D eigenvalue weighted by Gasteiger charge is -2.13. The molecule has 0 fully saturated rings. The highest BCUT2D eigenvalue weighted by Crippen LogP contribution is 2.35. The van der Waals surface area contributed by atoms with Gasteiger partial charge in [0, 0.05) is 0 Å². The molecule has 0 saturated heterocycles. The van der Waals surface area contributed by atoms with Gasteiger partial charge in [0.1, 0.15) is 0 Å². The summed E-state index contributed by atoms with van der Waals surface area (Å²) >= 11 is 0. The molecular formula is C17H26. The van der Waals surface area contributed by atoms with E-state index in [9.17, 15) is 0 Å². The molecule has 1 aromatic carbocycles. The Morgan fingerprint density at radius 2 is 1.29 bits per heavy atom. The van der Waals surface area contributed by atoms with Crippen LogP contribution in [0.15, 0.2) is 6.07 Å². The van der Waals surface area contributed by atoms with Crippen LogP contribution in [0, 0.1) is 0 Å². The molecule has 0 atom stereocenters. The number of hydrogen-bond acceptors (Lipinski definition) is 0. The van der Waals surface area contributed by atoms with Crippen molar-refractivity contribution in [2.75, 3.05) is 0 Å². The van der Waals surface area contributed by atoms with Crippen LogP contribution in [0.1, 0.15) is 67.9 Å². The lowest BCUT2D eigenvalue weighted by Crippen LogP contribution is -1.99. The van der Waals surface area contributed by atoms with E-state index in [1.807, 2.05) is 0 Å². The number of fused-ring (bicyclic) bond motifs is 2. The molecule has 0 N–H and O–H groups in total. The Balaban J connectivity index is 0.000000329. The van der Waals surface area contributed by atoms with Gasteiger partial charge >= 0.3 is 0 Å². The summed E-state index contributed by atoms with van der Waals surface area (Å²) in [6.45, 7) is 6.58. The summed E-state index contributed by atoms with van der Waals surface area (Å²) in [4.78, 5) is 0. The molecule has 3 rings (SSSR count). The largest absolute Gasteiger partial charge is 0.0656 e. The molecule has 0 heterocycles. The highest BCUT2D eigenvalue weighted by atomic mass is 14.3. The molecule has 1 aromatic rings. The minimum Gasteiger partial charge on any atom is -0.0656 e. The van der Waals surface area contributed by atoms with Gasteiger partial charge in [0.05, 0.1) is 0 Å². The SMILES string of the molecule is CCC.CCc1c2c(cc3c1CCC3)CCC2. The molecule has 17 heavy (non-hydrogen) atoms. The number of aryl methyl sites for hydroxylation is 2. The van der Waals surface area contributed by atoms with Gasteiger partial charge in [-0.2, -0.15) is 0 Å². The summed E-state index contributed by atoms with van der Waals surface area (Å²) in [5.74, 6) is 0. The Bertz CT molecular complexity index is 355. The topological polar surface area (TPSA) is 0 Å². The molecule has 0 nitrogen and oxygen atoms in total. The average molecular weight is 230 g/mol. The highest BCUT2D eigenvalue weighted by molar-refractivity contribution is 5.50. The smallest absolute Gasteiger partial charge is 0.0270 e. The molecule has 0 bridgehead atoms. The maximum absolute atomic E-state index is 2.52. The molecule has 0 spiro atoms. The monoisotopic (exact) mass is 230 g/mol. The summed E-state index contributed by atoms with van der Waals surface area (Å²) in [7, 11) is 0. The zero-order chi connectivity index (χ0) is 12.3. The predicted molar refractivity (Wildman–Crippen MR) is 75.8 cm³/mol. The second-order valence-electron chi connectivity index (χ2n) is 5.40. The van der Waals surface area contributed by atoms with Crippen molar-refractivity contribution in [3.8, 4) is 0 Å². The van der Waals surface area contributed by atoms with Gasteiger partial charge in [-0.1, -0.05) is 33.3 Å². The van der Waals surface area contributed by atoms with E-state index in [0.717, 1.165) is 0 Å². The Morgan fingerprint density at radius 3 is 1.71 bits per heavy atom. The Kier molecular flexibility index (Phi) is 4.25. The van der Waals surface area contributed by atoms with E-state index in [2.05, 4.69) is 26.8 Å². The van der Waals surface area contributed by atoms with E-state index in [1.165, 1.54) is 51.4 Å². The highest BCUT2D eigenvalue weighted by Gasteiger charge is 2.22. The van der Waals surface area contributed by atoms with Crippen molar-refractivity contribution in [2.45, 2.75) is 72.1 Å². The Labute approximate surface area is 106 Å². The van der Waals surface area contributed by atoms with Crippen LogP contribution >= 0.6 is 0 Å². The Morgan fingerprint density at radius 1 is 0.824 bits per heavy atom. The van der Waals surface area contributed by atoms with Gasteiger partial charge in [-0.25, -0.2) is 0 Å². The first-order chi connectivity index (χ1) is 8.31. The van der Waals surface area contributed by atoms with E-state index >= 15 is 0 Å². The first-order valence-electron chi connectivity index (χ1n) is 7.47. The number of hydrogen-bond donors (Lipinski definition) is 0. The molecule has 2 aliphatic rings. The van der Waals surface area contributed by atoms with Gasteiger partial charge < -0.3 is 0 Å². The van der Waals surface area contributed by atoms with Crippen molar-refractivity contribution < 1.29 is 0 Å². The fourth-order valence-corrected chi connectivity index (χ4v) is 3.36. The fourth-order valence-electron chi connectivity index (χ4n) is 3.36. The van der Waals surface area contributed by atoms with Crippen molar-refractivity contribution >= 4 is 0 Å². The summed E-state index contributed by atoms with van der Waals surface area (Å²) in [5.41, 5.74) is 8.55. The molecule has 0 radical (unpaired) electrons. The Hall–Kier alpha value is -0.780. The van der Waals surface area contributed by atoms with Gasteiger partial charge in [0.25, 0.3) is 0 Å². The molecule has 0 heteroatoms. The molecule has 0 aromatic heterocycles. The zero-order valence-electron chi connectivity index (χ0n) is 11.7. The quantitative estimate of drug-likeness (QED) is 0.659. The molecule has 2 aliphatic carbocycles. The fraction of sp³-hybridized carbons (Fsp3) is 0.647. The number of rotatable bonds is 1. The van der Waals surface area contributed by atoms with Crippen molar-refractivity contribution in [3.63, 3.8) is 0 Å². The maximum Gasteiger partial charge on any atom is -0.0270 e. The van der Waals surface area contributed by atoms with Crippen molar-refractivity contribution in [3.05, 3.63) is 33.9 Å². The van der Waals surface area contributed by atoms with Gasteiger partial charge in [-0.3, -0.25) is 0 Å². The molecule has 0 saturated carbocycles. The van der Waals surface area contributed by atoms with Crippen LogP contribution in [0.25, 0.3) is 0 Å². The average Bonchev–Trinajstić information content (AvgIpc) is 2.93. The second-order valence-corrected chi connectivity index (χ2v) is 5.40. The number of benzene rings is 1. The van der Waals surface area contributed by atoms with Crippen molar-refractivity contribution in [1.29, 1.82) is 0 Å². The van der Waals surface area contributed by atoms with Crippen molar-refractivity contribution in [2.24, 2.45) is 0 Å². The normalized spacial score (nSPS) is 16.2. The van der Waals surface area contributed by atoms with Gasteiger partial charge in [-0.15, -0.1) is 0 Å². The van der Waals surface area contributed by atoms with E-state index in [0.29, 0.717) is 0 Å². The van der Waals surface area contributed by atoms with Gasteiger partial charge in [0.15, 0.2) is 0 Å². The summed E-state index contributed by atoms with van der Waals surface area (Å²) in [6.07, 6.45) is 10.7. The van der Waals surface area contributed by atoms with Crippen LogP contribution in [0.4, 0.5) is 0 Å². The van der Waals surface area contributed by atoms with Crippen LogP contribution in [0.3, 0.4) is 0 Å². The maximum atomic E-state index is 2.52. The zero-order valence-corrected chi connectivity index (χ0v) is 11.7. The minimum atomic E-state index is 1.25. The standard InChI is InChI=1S/C14H18.C3H8/c1-2-12-13-7-3-5-10(13)9-11-6-4-8-14(11)12;1-3-2/h9H,2-8H2,1H3;3H2,1-2H3. The lowest BCUT2D eigenvalue weighted by atomic mass is 9.93. The van der Waals surface area contributed by atoms with Gasteiger partial charge in [-0.05, 0) is 72.8 Å². The van der Waals surface area contributed by atoms with Crippen LogP contribution in [-0.4, -0.2) is 0 Å². The predicted octanol–water partition coefficient (Wildman–Crippen LogP) is 4.64. The van der Waals surface area contributed by atoms with Gasteiger partial charge in [0.2, 0.25) is 0 Å². The van der Waals surface area contributed by atoms with E-state index in [1.54, 1.807) is 27.8 Å². The van der Waals surface area contributed by atoms with Crippen LogP contribution in [0.5, 0.6) is 0 Å². The molecular weight excluding hydrogens is 204 g/mol. The van der Waals surface area contributed by atoms with Crippen LogP contribution in [-0.2, 0) is 32.1 Å². The lowest BCUT2D eigenvalue weighted by molar-refractivity contribution is 0.885.